The summed E-state index contributed by atoms with van der Waals surface area (Å²) in [6, 6.07) is 0.653. The summed E-state index contributed by atoms with van der Waals surface area (Å²) in [7, 11) is 0. The van der Waals surface area contributed by atoms with Crippen LogP contribution in [0.15, 0.2) is 5.38 Å². The lowest BCUT2D eigenvalue weighted by Crippen LogP contribution is -2.35. The van der Waals surface area contributed by atoms with Gasteiger partial charge in [-0.05, 0) is 37.4 Å². The Kier molecular flexibility index (Phi) is 2.15. The van der Waals surface area contributed by atoms with Crippen molar-refractivity contribution in [3.63, 3.8) is 0 Å². The van der Waals surface area contributed by atoms with Crippen molar-refractivity contribution in [3.05, 3.63) is 16.6 Å². The van der Waals surface area contributed by atoms with E-state index in [1.54, 1.807) is 11.5 Å². The van der Waals surface area contributed by atoms with Gasteiger partial charge in [0.05, 0.1) is 5.69 Å². The lowest BCUT2D eigenvalue weighted by molar-refractivity contribution is 0.201. The Morgan fingerprint density at radius 2 is 2.42 bits per heavy atom. The van der Waals surface area contributed by atoms with Crippen LogP contribution in [0.4, 0.5) is 0 Å². The van der Waals surface area contributed by atoms with E-state index in [0.29, 0.717) is 6.04 Å². The van der Waals surface area contributed by atoms with Gasteiger partial charge in [0.15, 0.2) is 0 Å². The molecule has 0 spiro atoms. The second kappa shape index (κ2) is 3.15. The molecule has 0 atom stereocenters. The van der Waals surface area contributed by atoms with E-state index in [2.05, 4.69) is 28.5 Å². The van der Waals surface area contributed by atoms with Gasteiger partial charge in [0.2, 0.25) is 0 Å². The molecule has 1 aliphatic heterocycles. The fourth-order valence-electron chi connectivity index (χ4n) is 1.59. The van der Waals surface area contributed by atoms with Gasteiger partial charge in [0.25, 0.3) is 0 Å². The van der Waals surface area contributed by atoms with Crippen LogP contribution in [-0.2, 0) is 13.0 Å². The van der Waals surface area contributed by atoms with Crippen molar-refractivity contribution in [2.75, 3.05) is 6.54 Å². The summed E-state index contributed by atoms with van der Waals surface area (Å²) in [5.41, 5.74) is 2.77. The van der Waals surface area contributed by atoms with Gasteiger partial charge in [-0.2, -0.15) is 4.37 Å². The molecule has 0 radical (unpaired) electrons. The third-order valence-electron chi connectivity index (χ3n) is 2.48. The molecular formula is C9H14N2S. The SMILES string of the molecule is CC(C)N1CCc2csnc2C1. The summed E-state index contributed by atoms with van der Waals surface area (Å²) >= 11 is 1.59. The van der Waals surface area contributed by atoms with E-state index in [9.17, 15) is 0 Å². The van der Waals surface area contributed by atoms with Crippen LogP contribution in [0, 0.1) is 0 Å². The standard InChI is InChI=1S/C9H14N2S/c1-7(2)11-4-3-8-6-12-10-9(8)5-11/h6-7H,3-5H2,1-2H3. The predicted octanol–water partition coefficient (Wildman–Crippen LogP) is 1.91. The van der Waals surface area contributed by atoms with Crippen molar-refractivity contribution in [1.82, 2.24) is 9.27 Å². The van der Waals surface area contributed by atoms with Crippen LogP contribution in [0.25, 0.3) is 0 Å². The number of hydrogen-bond acceptors (Lipinski definition) is 3. The van der Waals surface area contributed by atoms with Crippen molar-refractivity contribution < 1.29 is 0 Å². The van der Waals surface area contributed by atoms with E-state index >= 15 is 0 Å². The first kappa shape index (κ1) is 8.20. The van der Waals surface area contributed by atoms with Crippen LogP contribution in [0.3, 0.4) is 0 Å². The zero-order valence-electron chi connectivity index (χ0n) is 7.58. The molecule has 0 amide bonds. The maximum absolute atomic E-state index is 4.39. The van der Waals surface area contributed by atoms with Crippen molar-refractivity contribution >= 4 is 11.5 Å². The van der Waals surface area contributed by atoms with Gasteiger partial charge in [-0.3, -0.25) is 4.90 Å². The van der Waals surface area contributed by atoms with Crippen LogP contribution in [0.1, 0.15) is 25.1 Å². The molecule has 0 N–H and O–H groups in total. The third kappa shape index (κ3) is 1.39. The number of rotatable bonds is 1. The topological polar surface area (TPSA) is 16.1 Å². The van der Waals surface area contributed by atoms with E-state index < -0.39 is 0 Å². The summed E-state index contributed by atoms with van der Waals surface area (Å²) in [6.45, 7) is 6.74. The van der Waals surface area contributed by atoms with E-state index in [1.165, 1.54) is 24.2 Å². The minimum Gasteiger partial charge on any atom is -0.295 e. The van der Waals surface area contributed by atoms with Crippen LogP contribution < -0.4 is 0 Å². The van der Waals surface area contributed by atoms with Crippen molar-refractivity contribution in [2.24, 2.45) is 0 Å². The quantitative estimate of drug-likeness (QED) is 0.659. The summed E-state index contributed by atoms with van der Waals surface area (Å²) in [4.78, 5) is 2.47. The molecule has 0 bridgehead atoms. The van der Waals surface area contributed by atoms with Crippen LogP contribution in [-0.4, -0.2) is 21.9 Å². The highest BCUT2D eigenvalue weighted by Gasteiger charge is 2.19. The summed E-state index contributed by atoms with van der Waals surface area (Å²) in [6.07, 6.45) is 1.18. The second-order valence-corrected chi connectivity index (χ2v) is 4.23. The first-order valence-electron chi connectivity index (χ1n) is 4.43. The van der Waals surface area contributed by atoms with Crippen LogP contribution in [0.2, 0.25) is 0 Å². The lowest BCUT2D eigenvalue weighted by atomic mass is 10.1. The molecule has 1 aromatic rings. The molecular weight excluding hydrogens is 168 g/mol. The molecule has 0 saturated carbocycles. The van der Waals surface area contributed by atoms with E-state index in [0.717, 1.165) is 6.54 Å². The van der Waals surface area contributed by atoms with Gasteiger partial charge in [0.1, 0.15) is 0 Å². The highest BCUT2D eigenvalue weighted by Crippen LogP contribution is 2.20. The van der Waals surface area contributed by atoms with Crippen molar-refractivity contribution in [3.8, 4) is 0 Å². The molecule has 3 heteroatoms. The average molecular weight is 182 g/mol. The lowest BCUT2D eigenvalue weighted by Gasteiger charge is -2.29. The minimum atomic E-state index is 0.653. The normalized spacial score (nSPS) is 18.2. The molecule has 0 aromatic carbocycles. The number of hydrogen-bond donors (Lipinski definition) is 0. The Hall–Kier alpha value is -0.410. The summed E-state index contributed by atoms with van der Waals surface area (Å²) in [5, 5.41) is 2.19. The summed E-state index contributed by atoms with van der Waals surface area (Å²) in [5.74, 6) is 0. The highest BCUT2D eigenvalue weighted by atomic mass is 32.1. The fourth-order valence-corrected chi connectivity index (χ4v) is 2.33. The van der Waals surface area contributed by atoms with E-state index in [-0.39, 0.29) is 0 Å². The molecule has 2 heterocycles. The molecule has 0 saturated heterocycles. The van der Waals surface area contributed by atoms with Crippen LogP contribution in [0.5, 0.6) is 0 Å². The zero-order valence-corrected chi connectivity index (χ0v) is 8.40. The fraction of sp³-hybridized carbons (Fsp3) is 0.667. The molecule has 2 nitrogen and oxygen atoms in total. The molecule has 66 valence electrons. The van der Waals surface area contributed by atoms with Crippen LogP contribution >= 0.6 is 11.5 Å². The molecule has 1 aromatic heterocycles. The Bertz CT molecular complexity index is 267. The monoisotopic (exact) mass is 182 g/mol. The van der Waals surface area contributed by atoms with Gasteiger partial charge in [-0.25, -0.2) is 0 Å². The Balaban J connectivity index is 2.15. The van der Waals surface area contributed by atoms with Gasteiger partial charge in [-0.15, -0.1) is 0 Å². The predicted molar refractivity (Wildman–Crippen MR) is 51.4 cm³/mol. The minimum absolute atomic E-state index is 0.653. The van der Waals surface area contributed by atoms with E-state index in [1.807, 2.05) is 0 Å². The first-order chi connectivity index (χ1) is 5.77. The van der Waals surface area contributed by atoms with Crippen molar-refractivity contribution in [2.45, 2.75) is 32.9 Å². The largest absolute Gasteiger partial charge is 0.295 e. The van der Waals surface area contributed by atoms with E-state index in [4.69, 9.17) is 0 Å². The number of nitrogens with zero attached hydrogens (tertiary/aromatic N) is 2. The molecule has 2 rings (SSSR count). The van der Waals surface area contributed by atoms with Gasteiger partial charge in [-0.1, -0.05) is 0 Å². The maximum atomic E-state index is 4.39. The molecule has 12 heavy (non-hydrogen) atoms. The zero-order chi connectivity index (χ0) is 8.55. The Labute approximate surface area is 77.4 Å². The Morgan fingerprint density at radius 3 is 3.17 bits per heavy atom. The summed E-state index contributed by atoms with van der Waals surface area (Å²) < 4.78 is 4.39. The maximum Gasteiger partial charge on any atom is 0.0714 e. The van der Waals surface area contributed by atoms with Gasteiger partial charge in [0, 0.05) is 24.5 Å². The highest BCUT2D eigenvalue weighted by molar-refractivity contribution is 7.03. The van der Waals surface area contributed by atoms with Crippen molar-refractivity contribution in [1.29, 1.82) is 0 Å². The first-order valence-corrected chi connectivity index (χ1v) is 5.27. The molecule has 0 aliphatic carbocycles. The smallest absolute Gasteiger partial charge is 0.0714 e. The molecule has 0 fully saturated rings. The van der Waals surface area contributed by atoms with Gasteiger partial charge >= 0.3 is 0 Å². The molecule has 1 aliphatic rings. The third-order valence-corrected chi connectivity index (χ3v) is 3.20. The average Bonchev–Trinajstić information content (AvgIpc) is 2.49. The van der Waals surface area contributed by atoms with Gasteiger partial charge < -0.3 is 0 Å². The number of aromatic nitrogens is 1. The Morgan fingerprint density at radius 1 is 1.58 bits per heavy atom. The molecule has 0 unspecified atom stereocenters. The number of fused-ring (bicyclic) bond motifs is 1. The second-order valence-electron chi connectivity index (χ2n) is 3.60.